The molecule has 1 heterocycles. The molecule has 0 spiro atoms. The molecule has 3 N–H and O–H groups in total. The summed E-state index contributed by atoms with van der Waals surface area (Å²) in [4.78, 5) is 0. The van der Waals surface area contributed by atoms with Gasteiger partial charge in [-0.25, -0.2) is 0 Å². The molecule has 1 saturated heterocycles. The molecule has 0 saturated carbocycles. The Morgan fingerprint density at radius 3 is 2.75 bits per heavy atom. The van der Waals surface area contributed by atoms with Crippen molar-refractivity contribution >= 4 is 0 Å². The van der Waals surface area contributed by atoms with Crippen LogP contribution in [0.15, 0.2) is 0 Å². The van der Waals surface area contributed by atoms with E-state index in [9.17, 15) is 0 Å². The van der Waals surface area contributed by atoms with Gasteiger partial charge in [-0.05, 0) is 6.92 Å². The smallest absolute Gasteiger partial charge is 0.0626 e. The van der Waals surface area contributed by atoms with E-state index in [1.807, 2.05) is 0 Å². The minimum absolute atomic E-state index is 0.253. The topological polar surface area (TPSA) is 47.3 Å². The van der Waals surface area contributed by atoms with Gasteiger partial charge in [0.15, 0.2) is 0 Å². The average molecular weight is 172 g/mol. The van der Waals surface area contributed by atoms with Crippen LogP contribution in [0.1, 0.15) is 20.8 Å². The van der Waals surface area contributed by atoms with Gasteiger partial charge in [0, 0.05) is 24.0 Å². The van der Waals surface area contributed by atoms with Crippen molar-refractivity contribution in [1.82, 2.24) is 5.32 Å². The van der Waals surface area contributed by atoms with Gasteiger partial charge in [-0.15, -0.1) is 0 Å². The van der Waals surface area contributed by atoms with Crippen molar-refractivity contribution in [1.29, 1.82) is 0 Å². The summed E-state index contributed by atoms with van der Waals surface area (Å²) in [7, 11) is 0. The minimum Gasteiger partial charge on any atom is -0.379 e. The summed E-state index contributed by atoms with van der Waals surface area (Å²) in [6.07, 6.45) is 0. The summed E-state index contributed by atoms with van der Waals surface area (Å²) in [5.41, 5.74) is 5.79. The molecule has 72 valence electrons. The maximum Gasteiger partial charge on any atom is 0.0626 e. The van der Waals surface area contributed by atoms with Crippen LogP contribution in [-0.4, -0.2) is 31.8 Å². The quantitative estimate of drug-likeness (QED) is 0.645. The molecule has 0 aromatic heterocycles. The predicted molar refractivity (Wildman–Crippen MR) is 50.0 cm³/mol. The lowest BCUT2D eigenvalue weighted by Gasteiger charge is -2.28. The zero-order chi connectivity index (χ0) is 9.19. The van der Waals surface area contributed by atoms with Crippen LogP contribution in [0, 0.1) is 5.41 Å². The zero-order valence-electron chi connectivity index (χ0n) is 8.26. The van der Waals surface area contributed by atoms with E-state index in [1.54, 1.807) is 0 Å². The third kappa shape index (κ3) is 2.19. The molecule has 1 aliphatic heterocycles. The molecule has 0 aromatic carbocycles. The zero-order valence-corrected chi connectivity index (χ0v) is 8.26. The van der Waals surface area contributed by atoms with Gasteiger partial charge in [-0.3, -0.25) is 0 Å². The number of rotatable bonds is 3. The first-order chi connectivity index (χ1) is 5.56. The summed E-state index contributed by atoms with van der Waals surface area (Å²) < 4.78 is 5.41. The SMILES string of the molecule is CC(CN)NC1COCC1(C)C. The second kappa shape index (κ2) is 3.73. The first kappa shape index (κ1) is 9.96. The molecule has 1 aliphatic rings. The molecule has 0 aromatic rings. The van der Waals surface area contributed by atoms with Gasteiger partial charge in [-0.1, -0.05) is 13.8 Å². The van der Waals surface area contributed by atoms with Crippen molar-refractivity contribution in [3.63, 3.8) is 0 Å². The largest absolute Gasteiger partial charge is 0.379 e. The van der Waals surface area contributed by atoms with E-state index in [0.29, 0.717) is 18.6 Å². The van der Waals surface area contributed by atoms with E-state index in [0.717, 1.165) is 13.2 Å². The van der Waals surface area contributed by atoms with Gasteiger partial charge in [-0.2, -0.15) is 0 Å². The average Bonchev–Trinajstić information content (AvgIpc) is 2.31. The molecule has 3 heteroatoms. The van der Waals surface area contributed by atoms with Crippen LogP contribution in [0.4, 0.5) is 0 Å². The Labute approximate surface area is 74.7 Å². The normalized spacial score (nSPS) is 30.5. The maximum absolute atomic E-state index is 5.54. The highest BCUT2D eigenvalue weighted by molar-refractivity contribution is 4.90. The summed E-state index contributed by atoms with van der Waals surface area (Å²) in [6.45, 7) is 8.90. The fourth-order valence-corrected chi connectivity index (χ4v) is 1.45. The first-order valence-electron chi connectivity index (χ1n) is 4.60. The summed E-state index contributed by atoms with van der Waals surface area (Å²) in [5, 5.41) is 3.47. The maximum atomic E-state index is 5.54. The lowest BCUT2D eigenvalue weighted by atomic mass is 9.87. The first-order valence-corrected chi connectivity index (χ1v) is 4.60. The number of ether oxygens (including phenoxy) is 1. The Morgan fingerprint density at radius 1 is 1.67 bits per heavy atom. The molecule has 0 aliphatic carbocycles. The Bertz CT molecular complexity index is 147. The van der Waals surface area contributed by atoms with Crippen molar-refractivity contribution in [3.05, 3.63) is 0 Å². The Morgan fingerprint density at radius 2 is 2.33 bits per heavy atom. The summed E-state index contributed by atoms with van der Waals surface area (Å²) in [6, 6.07) is 0.840. The molecule has 1 rings (SSSR count). The van der Waals surface area contributed by atoms with Crippen molar-refractivity contribution < 1.29 is 4.74 Å². The highest BCUT2D eigenvalue weighted by atomic mass is 16.5. The Hall–Kier alpha value is -0.120. The van der Waals surface area contributed by atoms with Gasteiger partial charge in [0.25, 0.3) is 0 Å². The fraction of sp³-hybridized carbons (Fsp3) is 1.00. The second-order valence-corrected chi connectivity index (χ2v) is 4.36. The van der Waals surface area contributed by atoms with Crippen molar-refractivity contribution in [3.8, 4) is 0 Å². The molecule has 12 heavy (non-hydrogen) atoms. The number of hydrogen-bond acceptors (Lipinski definition) is 3. The number of nitrogens with two attached hydrogens (primary N) is 1. The monoisotopic (exact) mass is 172 g/mol. The lowest BCUT2D eigenvalue weighted by molar-refractivity contribution is 0.166. The fourth-order valence-electron chi connectivity index (χ4n) is 1.45. The standard InChI is InChI=1S/C9H20N2O/c1-7(4-10)11-8-5-12-6-9(8,2)3/h7-8,11H,4-6,10H2,1-3H3. The van der Waals surface area contributed by atoms with Crippen LogP contribution in [-0.2, 0) is 4.74 Å². The van der Waals surface area contributed by atoms with Crippen LogP contribution in [0.2, 0.25) is 0 Å². The van der Waals surface area contributed by atoms with E-state index in [4.69, 9.17) is 10.5 Å². The molecule has 2 unspecified atom stereocenters. The highest BCUT2D eigenvalue weighted by Gasteiger charge is 2.35. The molecule has 1 fully saturated rings. The van der Waals surface area contributed by atoms with E-state index in [1.165, 1.54) is 0 Å². The van der Waals surface area contributed by atoms with Gasteiger partial charge >= 0.3 is 0 Å². The van der Waals surface area contributed by atoms with Gasteiger partial charge < -0.3 is 15.8 Å². The van der Waals surface area contributed by atoms with Crippen LogP contribution in [0.25, 0.3) is 0 Å². The third-order valence-corrected chi connectivity index (χ3v) is 2.54. The van der Waals surface area contributed by atoms with Gasteiger partial charge in [0.2, 0.25) is 0 Å². The van der Waals surface area contributed by atoms with Gasteiger partial charge in [0.05, 0.1) is 13.2 Å². The molecule has 3 nitrogen and oxygen atoms in total. The Kier molecular flexibility index (Phi) is 3.09. The number of hydrogen-bond donors (Lipinski definition) is 2. The summed E-state index contributed by atoms with van der Waals surface area (Å²) in [5.74, 6) is 0. The third-order valence-electron chi connectivity index (χ3n) is 2.54. The van der Waals surface area contributed by atoms with Crippen LogP contribution in [0.3, 0.4) is 0 Å². The van der Waals surface area contributed by atoms with E-state index < -0.39 is 0 Å². The van der Waals surface area contributed by atoms with E-state index in [2.05, 4.69) is 26.1 Å². The lowest BCUT2D eigenvalue weighted by Crippen LogP contribution is -2.47. The molecule has 0 bridgehead atoms. The summed E-state index contributed by atoms with van der Waals surface area (Å²) >= 11 is 0. The predicted octanol–water partition coefficient (Wildman–Crippen LogP) is 0.348. The molecule has 0 amide bonds. The highest BCUT2D eigenvalue weighted by Crippen LogP contribution is 2.27. The van der Waals surface area contributed by atoms with Crippen LogP contribution >= 0.6 is 0 Å². The molecule has 2 atom stereocenters. The van der Waals surface area contributed by atoms with Crippen molar-refractivity contribution in [2.45, 2.75) is 32.9 Å². The van der Waals surface area contributed by atoms with Gasteiger partial charge in [0.1, 0.15) is 0 Å². The second-order valence-electron chi connectivity index (χ2n) is 4.36. The number of nitrogens with one attached hydrogen (secondary N) is 1. The van der Waals surface area contributed by atoms with E-state index >= 15 is 0 Å². The van der Waals surface area contributed by atoms with Crippen LogP contribution < -0.4 is 11.1 Å². The van der Waals surface area contributed by atoms with Crippen LogP contribution in [0.5, 0.6) is 0 Å². The molecular weight excluding hydrogens is 152 g/mol. The van der Waals surface area contributed by atoms with Crippen molar-refractivity contribution in [2.75, 3.05) is 19.8 Å². The Balaban J connectivity index is 2.41. The van der Waals surface area contributed by atoms with E-state index in [-0.39, 0.29) is 5.41 Å². The van der Waals surface area contributed by atoms with Crippen molar-refractivity contribution in [2.24, 2.45) is 11.1 Å². The minimum atomic E-state index is 0.253. The molecular formula is C9H20N2O. The molecule has 0 radical (unpaired) electrons.